The van der Waals surface area contributed by atoms with Crippen molar-refractivity contribution in [2.24, 2.45) is 5.73 Å². The normalized spacial score (nSPS) is 9.83. The molecule has 1 aromatic carbocycles. The van der Waals surface area contributed by atoms with Crippen molar-refractivity contribution in [3.63, 3.8) is 0 Å². The van der Waals surface area contributed by atoms with Gasteiger partial charge in [0.25, 0.3) is 0 Å². The third-order valence-corrected chi connectivity index (χ3v) is 2.21. The van der Waals surface area contributed by atoms with E-state index >= 15 is 0 Å². The number of rotatable bonds is 4. The summed E-state index contributed by atoms with van der Waals surface area (Å²) in [6.45, 7) is 1.45. The average molecular weight is 181 g/mol. The summed E-state index contributed by atoms with van der Waals surface area (Å²) in [5, 5.41) is 3.16. The van der Waals surface area contributed by atoms with Crippen LogP contribution in [0.25, 0.3) is 0 Å². The molecule has 0 atom stereocenters. The monoisotopic (exact) mass is 181 g/mol. The van der Waals surface area contributed by atoms with Gasteiger partial charge in [0.15, 0.2) is 0 Å². The molecule has 0 saturated heterocycles. The Kier molecular flexibility index (Phi) is 3.97. The predicted octanol–water partition coefficient (Wildman–Crippen LogP) is 1.58. The summed E-state index contributed by atoms with van der Waals surface area (Å²) in [5.74, 6) is 0. The van der Waals surface area contributed by atoms with Crippen molar-refractivity contribution in [2.75, 3.05) is 24.7 Å². The Morgan fingerprint density at radius 3 is 2.92 bits per heavy atom. The topological polar surface area (TPSA) is 38.0 Å². The Morgan fingerprint density at radius 1 is 1.58 bits per heavy atom. The van der Waals surface area contributed by atoms with E-state index < -0.39 is 0 Å². The van der Waals surface area contributed by atoms with Crippen LogP contribution in [-0.2, 0) is 0 Å². The highest BCUT2D eigenvalue weighted by molar-refractivity contribution is 7.98. The third-order valence-electron chi connectivity index (χ3n) is 1.48. The minimum absolute atomic E-state index is 0.651. The molecule has 3 N–H and O–H groups in total. The van der Waals surface area contributed by atoms with Crippen molar-refractivity contribution in [3.05, 3.63) is 24.3 Å². The highest BCUT2D eigenvalue weighted by atomic mass is 32.2. The lowest BCUT2D eigenvalue weighted by Crippen LogP contribution is -2.12. The van der Waals surface area contributed by atoms with Crippen LogP contribution in [0.5, 0.6) is 0 Å². The fraction of sp³-hybridized carbons (Fsp3) is 0.333. The zero-order valence-electron chi connectivity index (χ0n) is 7.13. The Balaban J connectivity index is 2.53. The summed E-state index contributed by atoms with van der Waals surface area (Å²) in [6, 6.07) is 9.20. The number of anilines is 1. The Morgan fingerprint density at radius 2 is 2.42 bits per heavy atom. The molecule has 1 aromatic rings. The van der Waals surface area contributed by atoms with Crippen LogP contribution in [0, 0.1) is 6.07 Å². The summed E-state index contributed by atoms with van der Waals surface area (Å²) in [6.07, 6.45) is 2.05. The van der Waals surface area contributed by atoms with Crippen molar-refractivity contribution in [1.29, 1.82) is 0 Å². The first-order valence-corrected chi connectivity index (χ1v) is 5.09. The van der Waals surface area contributed by atoms with Gasteiger partial charge in [-0.05, 0) is 24.5 Å². The molecule has 1 radical (unpaired) electrons. The molecule has 0 amide bonds. The molecule has 0 unspecified atom stereocenters. The largest absolute Gasteiger partial charge is 0.383 e. The molecule has 12 heavy (non-hydrogen) atoms. The van der Waals surface area contributed by atoms with Gasteiger partial charge < -0.3 is 11.1 Å². The molecular weight excluding hydrogens is 168 g/mol. The van der Waals surface area contributed by atoms with Crippen molar-refractivity contribution >= 4 is 17.4 Å². The molecule has 2 nitrogen and oxygen atoms in total. The summed E-state index contributed by atoms with van der Waals surface area (Å²) in [4.78, 5) is 1.23. The van der Waals surface area contributed by atoms with Gasteiger partial charge in [-0.1, -0.05) is 0 Å². The lowest BCUT2D eigenvalue weighted by molar-refractivity contribution is 1.02. The van der Waals surface area contributed by atoms with E-state index in [1.54, 1.807) is 11.8 Å². The molecule has 65 valence electrons. The van der Waals surface area contributed by atoms with Crippen LogP contribution in [0.2, 0.25) is 0 Å². The van der Waals surface area contributed by atoms with Crippen molar-refractivity contribution < 1.29 is 0 Å². The zero-order valence-corrected chi connectivity index (χ0v) is 7.95. The van der Waals surface area contributed by atoms with E-state index in [1.807, 2.05) is 12.1 Å². The number of nitrogens with two attached hydrogens (primary N) is 1. The zero-order chi connectivity index (χ0) is 8.81. The standard InChI is InChI=1S/C9H13N2S/c1-12-9-4-2-8(3-5-9)11-7-6-10/h2,4-5,11H,6-7,10H2,1H3. The fourth-order valence-corrected chi connectivity index (χ4v) is 1.24. The number of thioether (sulfide) groups is 1. The molecule has 1 rings (SSSR count). The van der Waals surface area contributed by atoms with Crippen molar-refractivity contribution in [2.45, 2.75) is 4.90 Å². The van der Waals surface area contributed by atoms with Gasteiger partial charge in [-0.15, -0.1) is 11.8 Å². The van der Waals surface area contributed by atoms with Gasteiger partial charge in [0, 0.05) is 29.7 Å². The van der Waals surface area contributed by atoms with Crippen LogP contribution in [-0.4, -0.2) is 19.3 Å². The molecule has 0 aliphatic carbocycles. The number of nitrogens with one attached hydrogen (secondary N) is 1. The molecule has 0 aliphatic rings. The summed E-state index contributed by atoms with van der Waals surface area (Å²) >= 11 is 1.72. The van der Waals surface area contributed by atoms with Crippen LogP contribution in [0.3, 0.4) is 0 Å². The Hall–Kier alpha value is -0.670. The first kappa shape index (κ1) is 9.42. The van der Waals surface area contributed by atoms with Crippen molar-refractivity contribution in [1.82, 2.24) is 0 Å². The highest BCUT2D eigenvalue weighted by Gasteiger charge is 1.91. The van der Waals surface area contributed by atoms with Crippen LogP contribution >= 0.6 is 11.8 Å². The summed E-state index contributed by atoms with van der Waals surface area (Å²) in [7, 11) is 0. The lowest BCUT2D eigenvalue weighted by Gasteiger charge is -2.03. The maximum absolute atomic E-state index is 5.35. The van der Waals surface area contributed by atoms with E-state index in [-0.39, 0.29) is 0 Å². The molecule has 0 heterocycles. The van der Waals surface area contributed by atoms with E-state index in [4.69, 9.17) is 5.73 Å². The number of hydrogen-bond acceptors (Lipinski definition) is 3. The molecule has 0 spiro atoms. The van der Waals surface area contributed by atoms with E-state index in [1.165, 1.54) is 4.90 Å². The summed E-state index contributed by atoms with van der Waals surface area (Å²) < 4.78 is 0. The Bertz CT molecular complexity index is 220. The molecule has 0 fully saturated rings. The fourth-order valence-electron chi connectivity index (χ4n) is 0.854. The average Bonchev–Trinajstić information content (AvgIpc) is 2.15. The van der Waals surface area contributed by atoms with Crippen molar-refractivity contribution in [3.8, 4) is 0 Å². The van der Waals surface area contributed by atoms with E-state index in [9.17, 15) is 0 Å². The summed E-state index contributed by atoms with van der Waals surface area (Å²) in [5.41, 5.74) is 6.36. The highest BCUT2D eigenvalue weighted by Crippen LogP contribution is 2.16. The minimum atomic E-state index is 0.651. The third kappa shape index (κ3) is 2.75. The minimum Gasteiger partial charge on any atom is -0.383 e. The SMILES string of the molecule is CSc1c[c]c(NCCN)cc1. The van der Waals surface area contributed by atoms with E-state index in [2.05, 4.69) is 23.7 Å². The molecule has 0 aromatic heterocycles. The van der Waals surface area contributed by atoms with Crippen LogP contribution < -0.4 is 11.1 Å². The molecular formula is C9H13N2S. The second-order valence-corrected chi connectivity index (χ2v) is 3.24. The Labute approximate surface area is 77.5 Å². The van der Waals surface area contributed by atoms with Gasteiger partial charge in [-0.25, -0.2) is 0 Å². The second-order valence-electron chi connectivity index (χ2n) is 2.36. The number of hydrogen-bond donors (Lipinski definition) is 2. The predicted molar refractivity (Wildman–Crippen MR) is 54.6 cm³/mol. The van der Waals surface area contributed by atoms with Crippen LogP contribution in [0.1, 0.15) is 0 Å². The molecule has 0 bridgehead atoms. The lowest BCUT2D eigenvalue weighted by atomic mass is 10.3. The quantitative estimate of drug-likeness (QED) is 0.693. The van der Waals surface area contributed by atoms with Gasteiger partial charge in [0.05, 0.1) is 0 Å². The first-order chi connectivity index (χ1) is 5.86. The number of benzene rings is 1. The smallest absolute Gasteiger partial charge is 0.0421 e. The van der Waals surface area contributed by atoms with Gasteiger partial charge in [-0.3, -0.25) is 0 Å². The van der Waals surface area contributed by atoms with Gasteiger partial charge in [0.1, 0.15) is 0 Å². The van der Waals surface area contributed by atoms with Gasteiger partial charge in [0.2, 0.25) is 0 Å². The first-order valence-electron chi connectivity index (χ1n) is 3.86. The molecule has 3 heteroatoms. The van der Waals surface area contributed by atoms with Gasteiger partial charge in [-0.2, -0.15) is 0 Å². The van der Waals surface area contributed by atoms with E-state index in [0.717, 1.165) is 12.2 Å². The van der Waals surface area contributed by atoms with E-state index in [0.29, 0.717) is 6.54 Å². The maximum Gasteiger partial charge on any atom is 0.0421 e. The van der Waals surface area contributed by atoms with Crippen LogP contribution in [0.4, 0.5) is 5.69 Å². The second kappa shape index (κ2) is 5.06. The molecule has 0 saturated carbocycles. The maximum atomic E-state index is 5.35. The molecule has 0 aliphatic heterocycles. The van der Waals surface area contributed by atoms with Gasteiger partial charge >= 0.3 is 0 Å². The van der Waals surface area contributed by atoms with Crippen LogP contribution in [0.15, 0.2) is 23.1 Å².